The Bertz CT molecular complexity index is 727. The third kappa shape index (κ3) is 2.64. The van der Waals surface area contributed by atoms with E-state index in [2.05, 4.69) is 10.2 Å². The summed E-state index contributed by atoms with van der Waals surface area (Å²) >= 11 is 0. The highest BCUT2D eigenvalue weighted by atomic mass is 19.1. The molecule has 1 aromatic carbocycles. The van der Waals surface area contributed by atoms with Crippen molar-refractivity contribution in [3.63, 3.8) is 0 Å². The van der Waals surface area contributed by atoms with Crippen LogP contribution in [-0.4, -0.2) is 27.5 Å². The van der Waals surface area contributed by atoms with Crippen LogP contribution < -0.4 is 0 Å². The van der Waals surface area contributed by atoms with Gasteiger partial charge in [0.1, 0.15) is 5.82 Å². The van der Waals surface area contributed by atoms with E-state index in [1.165, 1.54) is 6.07 Å². The van der Waals surface area contributed by atoms with E-state index in [4.69, 9.17) is 0 Å². The topological polar surface area (TPSA) is 49.0 Å². The van der Waals surface area contributed by atoms with Crippen LogP contribution in [0, 0.1) is 11.7 Å². The number of hydrogen-bond donors (Lipinski definition) is 1. The number of aryl methyl sites for hydroxylation is 1. The fraction of sp³-hybridized carbons (Fsp3) is 0.444. The minimum absolute atomic E-state index is 0.0175. The monoisotopic (exact) mass is 313 g/mol. The quantitative estimate of drug-likeness (QED) is 0.926. The summed E-state index contributed by atoms with van der Waals surface area (Å²) in [6, 6.07) is 6.68. The first-order chi connectivity index (χ1) is 11.2. The number of nitrogens with zero attached hydrogens (tertiary/aromatic N) is 2. The summed E-state index contributed by atoms with van der Waals surface area (Å²) in [5, 5.41) is 7.09. The molecule has 2 unspecified atom stereocenters. The fourth-order valence-electron chi connectivity index (χ4n) is 3.95. The van der Waals surface area contributed by atoms with Crippen molar-refractivity contribution in [3.05, 3.63) is 53.1 Å². The molecule has 2 heterocycles. The second kappa shape index (κ2) is 5.80. The summed E-state index contributed by atoms with van der Waals surface area (Å²) in [4.78, 5) is 15.0. The smallest absolute Gasteiger partial charge is 0.226 e. The van der Waals surface area contributed by atoms with Gasteiger partial charge >= 0.3 is 0 Å². The van der Waals surface area contributed by atoms with Gasteiger partial charge in [-0.25, -0.2) is 4.39 Å². The lowest BCUT2D eigenvalue weighted by Crippen LogP contribution is -2.38. The Labute approximate surface area is 134 Å². The van der Waals surface area contributed by atoms with Crippen molar-refractivity contribution in [2.45, 2.75) is 38.1 Å². The number of hydrogen-bond acceptors (Lipinski definition) is 2. The number of amides is 1. The van der Waals surface area contributed by atoms with Crippen LogP contribution in [0.4, 0.5) is 4.39 Å². The molecule has 4 rings (SSSR count). The highest BCUT2D eigenvalue weighted by Crippen LogP contribution is 2.35. The first kappa shape index (κ1) is 14.4. The third-order valence-corrected chi connectivity index (χ3v) is 5.14. The van der Waals surface area contributed by atoms with Crippen LogP contribution in [-0.2, 0) is 17.6 Å². The molecule has 1 aliphatic carbocycles. The lowest BCUT2D eigenvalue weighted by Gasteiger charge is -2.30. The predicted octanol–water partition coefficient (Wildman–Crippen LogP) is 3.02. The number of likely N-dealkylation sites (tertiary alicyclic amines) is 1. The molecule has 1 aromatic heterocycles. The summed E-state index contributed by atoms with van der Waals surface area (Å²) in [5.41, 5.74) is 3.24. The SMILES string of the molecule is O=C(C1CCc2[nH]ncc2C1)N1CCCC1c1cccc(F)c1. The Kier molecular flexibility index (Phi) is 3.63. The standard InChI is InChI=1S/C18H20FN3O/c19-15-4-1-3-12(10-15)17-5-2-8-22(17)18(23)13-6-7-16-14(9-13)11-20-21-16/h1,3-4,10-11,13,17H,2,5-9H2,(H,20,21). The minimum atomic E-state index is -0.234. The molecule has 23 heavy (non-hydrogen) atoms. The lowest BCUT2D eigenvalue weighted by molar-refractivity contribution is -0.136. The lowest BCUT2D eigenvalue weighted by atomic mass is 9.86. The Morgan fingerprint density at radius 1 is 1.35 bits per heavy atom. The molecule has 120 valence electrons. The number of rotatable bonds is 2. The summed E-state index contributed by atoms with van der Waals surface area (Å²) in [6.07, 6.45) is 6.24. The molecule has 1 aliphatic heterocycles. The van der Waals surface area contributed by atoms with E-state index in [0.29, 0.717) is 0 Å². The van der Waals surface area contributed by atoms with Crippen molar-refractivity contribution >= 4 is 5.91 Å². The number of fused-ring (bicyclic) bond motifs is 1. The molecule has 0 saturated carbocycles. The average Bonchev–Trinajstić information content (AvgIpc) is 3.22. The van der Waals surface area contributed by atoms with Gasteiger partial charge < -0.3 is 4.90 Å². The van der Waals surface area contributed by atoms with E-state index in [-0.39, 0.29) is 23.7 Å². The number of H-pyrrole nitrogens is 1. The summed E-state index contributed by atoms with van der Waals surface area (Å²) in [7, 11) is 0. The zero-order valence-electron chi connectivity index (χ0n) is 13.0. The molecule has 2 aliphatic rings. The van der Waals surface area contributed by atoms with Gasteiger partial charge in [-0.05, 0) is 55.4 Å². The van der Waals surface area contributed by atoms with Gasteiger partial charge in [0.2, 0.25) is 5.91 Å². The molecular weight excluding hydrogens is 293 g/mol. The zero-order chi connectivity index (χ0) is 15.8. The molecule has 1 fully saturated rings. The zero-order valence-corrected chi connectivity index (χ0v) is 13.0. The summed E-state index contributed by atoms with van der Waals surface area (Å²) in [5.74, 6) is 0.000347. The largest absolute Gasteiger partial charge is 0.335 e. The number of carbonyl (C=O) groups is 1. The molecule has 0 spiro atoms. The molecule has 1 amide bonds. The first-order valence-corrected chi connectivity index (χ1v) is 8.29. The Morgan fingerprint density at radius 2 is 2.26 bits per heavy atom. The number of nitrogens with one attached hydrogen (secondary N) is 1. The third-order valence-electron chi connectivity index (χ3n) is 5.14. The van der Waals surface area contributed by atoms with Gasteiger partial charge in [0.05, 0.1) is 12.2 Å². The maximum absolute atomic E-state index is 13.5. The molecular formula is C18H20FN3O. The molecule has 1 N–H and O–H groups in total. The summed E-state index contributed by atoms with van der Waals surface area (Å²) in [6.45, 7) is 0.773. The molecule has 1 saturated heterocycles. The maximum atomic E-state index is 13.5. The predicted molar refractivity (Wildman–Crippen MR) is 84.2 cm³/mol. The van der Waals surface area contributed by atoms with E-state index in [1.54, 1.807) is 12.1 Å². The molecule has 0 radical (unpaired) electrons. The van der Waals surface area contributed by atoms with Crippen molar-refractivity contribution in [3.8, 4) is 0 Å². The van der Waals surface area contributed by atoms with Gasteiger partial charge in [-0.3, -0.25) is 9.89 Å². The molecule has 5 heteroatoms. The summed E-state index contributed by atoms with van der Waals surface area (Å²) < 4.78 is 13.5. The molecule has 2 atom stereocenters. The van der Waals surface area contributed by atoms with Gasteiger partial charge in [-0.2, -0.15) is 5.10 Å². The number of aromatic amines is 1. The van der Waals surface area contributed by atoms with E-state index < -0.39 is 0 Å². The highest BCUT2D eigenvalue weighted by Gasteiger charge is 2.35. The molecule has 0 bridgehead atoms. The number of halogens is 1. The van der Waals surface area contributed by atoms with Crippen molar-refractivity contribution < 1.29 is 9.18 Å². The van der Waals surface area contributed by atoms with Gasteiger partial charge in [0.15, 0.2) is 0 Å². The van der Waals surface area contributed by atoms with E-state index >= 15 is 0 Å². The van der Waals surface area contributed by atoms with Gasteiger partial charge in [-0.15, -0.1) is 0 Å². The van der Waals surface area contributed by atoms with Crippen LogP contribution in [0.25, 0.3) is 0 Å². The second-order valence-electron chi connectivity index (χ2n) is 6.56. The van der Waals surface area contributed by atoms with Crippen molar-refractivity contribution in [1.29, 1.82) is 0 Å². The Morgan fingerprint density at radius 3 is 3.13 bits per heavy atom. The van der Waals surface area contributed by atoms with Crippen LogP contribution in [0.1, 0.15) is 42.1 Å². The number of aromatic nitrogens is 2. The van der Waals surface area contributed by atoms with E-state index in [1.807, 2.05) is 17.2 Å². The van der Waals surface area contributed by atoms with Gasteiger partial charge in [-0.1, -0.05) is 12.1 Å². The Hall–Kier alpha value is -2.17. The molecule has 4 nitrogen and oxygen atoms in total. The second-order valence-corrected chi connectivity index (χ2v) is 6.56. The van der Waals surface area contributed by atoms with Crippen LogP contribution in [0.5, 0.6) is 0 Å². The van der Waals surface area contributed by atoms with Gasteiger partial charge in [0.25, 0.3) is 0 Å². The number of carbonyl (C=O) groups excluding carboxylic acids is 1. The van der Waals surface area contributed by atoms with Crippen molar-refractivity contribution in [2.75, 3.05) is 6.54 Å². The number of benzene rings is 1. The van der Waals surface area contributed by atoms with E-state index in [0.717, 1.165) is 55.5 Å². The van der Waals surface area contributed by atoms with E-state index in [9.17, 15) is 9.18 Å². The highest BCUT2D eigenvalue weighted by molar-refractivity contribution is 5.80. The first-order valence-electron chi connectivity index (χ1n) is 8.29. The van der Waals surface area contributed by atoms with Crippen LogP contribution in [0.2, 0.25) is 0 Å². The fourth-order valence-corrected chi connectivity index (χ4v) is 3.95. The average molecular weight is 313 g/mol. The van der Waals surface area contributed by atoms with Crippen molar-refractivity contribution in [2.24, 2.45) is 5.92 Å². The minimum Gasteiger partial charge on any atom is -0.335 e. The van der Waals surface area contributed by atoms with Crippen molar-refractivity contribution in [1.82, 2.24) is 15.1 Å². The van der Waals surface area contributed by atoms with Crippen LogP contribution in [0.3, 0.4) is 0 Å². The van der Waals surface area contributed by atoms with Crippen LogP contribution in [0.15, 0.2) is 30.5 Å². The normalized spacial score (nSPS) is 23.8. The Balaban J connectivity index is 1.54. The maximum Gasteiger partial charge on any atom is 0.226 e. The van der Waals surface area contributed by atoms with Gasteiger partial charge in [0, 0.05) is 18.2 Å². The molecule has 2 aromatic rings. The van der Waals surface area contributed by atoms with Crippen LogP contribution >= 0.6 is 0 Å².